The number of nitrogens with two attached hydrogens (primary N) is 1. The molecular formula is C23H16BrClN2OS. The smallest absolute Gasteiger partial charge is 0.205 e. The summed E-state index contributed by atoms with van der Waals surface area (Å²) in [5.41, 5.74) is 10.8. The van der Waals surface area contributed by atoms with Gasteiger partial charge in [0.05, 0.1) is 5.69 Å². The van der Waals surface area contributed by atoms with Crippen LogP contribution >= 0.6 is 38.9 Å². The number of nitrogens with zero attached hydrogens (tertiary/aromatic N) is 1. The molecule has 0 radical (unpaired) electrons. The molecule has 0 unspecified atom stereocenters. The highest BCUT2D eigenvalue weighted by molar-refractivity contribution is 9.10. The van der Waals surface area contributed by atoms with Crippen LogP contribution in [0.3, 0.4) is 0 Å². The van der Waals surface area contributed by atoms with E-state index in [1.54, 1.807) is 12.1 Å². The van der Waals surface area contributed by atoms with Crippen LogP contribution < -0.4 is 5.73 Å². The van der Waals surface area contributed by atoms with Crippen molar-refractivity contribution in [3.8, 4) is 11.1 Å². The molecule has 1 saturated carbocycles. The van der Waals surface area contributed by atoms with Gasteiger partial charge < -0.3 is 5.73 Å². The van der Waals surface area contributed by atoms with Crippen molar-refractivity contribution in [2.24, 2.45) is 0 Å². The number of fused-ring (bicyclic) bond motifs is 1. The lowest BCUT2D eigenvalue weighted by molar-refractivity contribution is 0.104. The van der Waals surface area contributed by atoms with Gasteiger partial charge in [0.25, 0.3) is 0 Å². The molecule has 0 saturated heterocycles. The fraction of sp³-hybridized carbons (Fsp3) is 0.130. The number of pyridine rings is 1. The van der Waals surface area contributed by atoms with E-state index in [4.69, 9.17) is 22.3 Å². The van der Waals surface area contributed by atoms with Gasteiger partial charge in [-0.2, -0.15) is 0 Å². The topological polar surface area (TPSA) is 56.0 Å². The van der Waals surface area contributed by atoms with Gasteiger partial charge in [0, 0.05) is 32.1 Å². The zero-order valence-corrected chi connectivity index (χ0v) is 18.4. The van der Waals surface area contributed by atoms with Crippen molar-refractivity contribution < 1.29 is 4.79 Å². The summed E-state index contributed by atoms with van der Waals surface area (Å²) in [7, 11) is 0. The quantitative estimate of drug-likeness (QED) is 0.316. The van der Waals surface area contributed by atoms with Gasteiger partial charge in [-0.15, -0.1) is 11.3 Å². The molecular weight excluding hydrogens is 468 g/mol. The Kier molecular flexibility index (Phi) is 4.69. The van der Waals surface area contributed by atoms with Crippen LogP contribution in [0.2, 0.25) is 5.02 Å². The Bertz CT molecular complexity index is 1240. The molecule has 0 spiro atoms. The normalized spacial score (nSPS) is 13.7. The Hall–Kier alpha value is -2.21. The number of carbonyl (C=O) groups is 1. The molecule has 2 aromatic heterocycles. The van der Waals surface area contributed by atoms with Crippen molar-refractivity contribution in [2.75, 3.05) is 5.73 Å². The van der Waals surface area contributed by atoms with Crippen molar-refractivity contribution in [1.29, 1.82) is 0 Å². The number of thiophene rings is 1. The minimum atomic E-state index is -0.0759. The lowest BCUT2D eigenvalue weighted by atomic mass is 9.99. The molecule has 2 N–H and O–H groups in total. The maximum Gasteiger partial charge on any atom is 0.205 e. The monoisotopic (exact) mass is 482 g/mol. The van der Waals surface area contributed by atoms with Gasteiger partial charge in [0.1, 0.15) is 9.71 Å². The number of halogens is 2. The molecule has 3 nitrogen and oxygen atoms in total. The van der Waals surface area contributed by atoms with E-state index in [1.807, 2.05) is 36.4 Å². The molecule has 1 aliphatic rings. The van der Waals surface area contributed by atoms with Crippen LogP contribution in [0.25, 0.3) is 21.3 Å². The Balaban J connectivity index is 1.71. The van der Waals surface area contributed by atoms with Crippen LogP contribution in [0.5, 0.6) is 0 Å². The zero-order chi connectivity index (χ0) is 20.1. The molecule has 4 aromatic rings. The predicted octanol–water partition coefficient (Wildman–Crippen LogP) is 7.07. The van der Waals surface area contributed by atoms with E-state index in [1.165, 1.54) is 11.3 Å². The highest BCUT2D eigenvalue weighted by Gasteiger charge is 2.28. The van der Waals surface area contributed by atoms with Gasteiger partial charge in [-0.05, 0) is 66.4 Å². The summed E-state index contributed by atoms with van der Waals surface area (Å²) in [6.45, 7) is 0. The summed E-state index contributed by atoms with van der Waals surface area (Å²) >= 11 is 10.9. The second-order valence-electron chi connectivity index (χ2n) is 7.24. The first-order valence-corrected chi connectivity index (χ1v) is 11.3. The number of benzene rings is 2. The minimum Gasteiger partial charge on any atom is -0.397 e. The molecule has 0 bridgehead atoms. The molecule has 0 amide bonds. The third kappa shape index (κ3) is 3.48. The van der Waals surface area contributed by atoms with Gasteiger partial charge in [-0.25, -0.2) is 4.98 Å². The Morgan fingerprint density at radius 2 is 1.79 bits per heavy atom. The number of hydrogen-bond donors (Lipinski definition) is 1. The first-order valence-electron chi connectivity index (χ1n) is 9.30. The van der Waals surface area contributed by atoms with Gasteiger partial charge in [0.2, 0.25) is 5.78 Å². The summed E-state index contributed by atoms with van der Waals surface area (Å²) in [5, 5.41) is 1.54. The predicted molar refractivity (Wildman–Crippen MR) is 124 cm³/mol. The minimum absolute atomic E-state index is 0.0759. The van der Waals surface area contributed by atoms with E-state index >= 15 is 0 Å². The average molecular weight is 484 g/mol. The summed E-state index contributed by atoms with van der Waals surface area (Å²) in [6, 6.07) is 17.2. The SMILES string of the molecule is Nc1c(C(=O)c2ccc(Br)cc2)sc2nc(C3CC3)cc(-c3ccc(Cl)cc3)c12. The molecule has 1 fully saturated rings. The van der Waals surface area contributed by atoms with Crippen LogP contribution in [0.15, 0.2) is 59.1 Å². The number of aromatic nitrogens is 1. The summed E-state index contributed by atoms with van der Waals surface area (Å²) in [5.74, 6) is 0.424. The number of nitrogen functional groups attached to an aromatic ring is 1. The maximum atomic E-state index is 13.1. The Morgan fingerprint density at radius 3 is 2.45 bits per heavy atom. The van der Waals surface area contributed by atoms with E-state index in [0.717, 1.165) is 44.4 Å². The lowest BCUT2D eigenvalue weighted by Gasteiger charge is -2.08. The van der Waals surface area contributed by atoms with Gasteiger partial charge in [-0.1, -0.05) is 39.7 Å². The number of anilines is 1. The number of ketones is 1. The van der Waals surface area contributed by atoms with Crippen molar-refractivity contribution in [2.45, 2.75) is 18.8 Å². The van der Waals surface area contributed by atoms with Crippen LogP contribution in [-0.2, 0) is 0 Å². The third-order valence-corrected chi connectivity index (χ3v) is 7.06. The van der Waals surface area contributed by atoms with Crippen molar-refractivity contribution >= 4 is 60.6 Å². The fourth-order valence-corrected chi connectivity index (χ4v) is 4.97. The van der Waals surface area contributed by atoms with Crippen LogP contribution in [0.1, 0.15) is 39.7 Å². The molecule has 6 heteroatoms. The Labute approximate surface area is 185 Å². The van der Waals surface area contributed by atoms with Crippen molar-refractivity contribution in [3.05, 3.63) is 80.2 Å². The number of carbonyl (C=O) groups excluding carboxylic acids is 1. The van der Waals surface area contributed by atoms with Crippen LogP contribution in [-0.4, -0.2) is 10.8 Å². The zero-order valence-electron chi connectivity index (χ0n) is 15.3. The molecule has 144 valence electrons. The first-order chi connectivity index (χ1) is 14.0. The Morgan fingerprint density at radius 1 is 1.10 bits per heavy atom. The molecule has 0 atom stereocenters. The van der Waals surface area contributed by atoms with E-state index in [2.05, 4.69) is 22.0 Å². The van der Waals surface area contributed by atoms with E-state index < -0.39 is 0 Å². The summed E-state index contributed by atoms with van der Waals surface area (Å²) in [6.07, 6.45) is 2.31. The lowest BCUT2D eigenvalue weighted by Crippen LogP contribution is -2.02. The van der Waals surface area contributed by atoms with Gasteiger partial charge in [-0.3, -0.25) is 4.79 Å². The molecule has 2 aromatic carbocycles. The first kappa shape index (κ1) is 18.8. The molecule has 0 aliphatic heterocycles. The van der Waals surface area contributed by atoms with Crippen LogP contribution in [0, 0.1) is 0 Å². The summed E-state index contributed by atoms with van der Waals surface area (Å²) in [4.78, 5) is 19.4. The molecule has 2 heterocycles. The second-order valence-corrected chi connectivity index (χ2v) is 9.59. The van der Waals surface area contributed by atoms with E-state index in [-0.39, 0.29) is 5.78 Å². The van der Waals surface area contributed by atoms with E-state index in [9.17, 15) is 4.79 Å². The van der Waals surface area contributed by atoms with Crippen LogP contribution in [0.4, 0.5) is 5.69 Å². The van der Waals surface area contributed by atoms with Gasteiger partial charge >= 0.3 is 0 Å². The third-order valence-electron chi connectivity index (χ3n) is 5.18. The average Bonchev–Trinajstić information content (AvgIpc) is 3.52. The maximum absolute atomic E-state index is 13.1. The standard InChI is InChI=1S/C23H16BrClN2OS/c24-15-7-3-14(4-8-15)21(28)22-20(26)19-17(12-5-9-16(25)10-6-12)11-18(13-1-2-13)27-23(19)29-22/h3-11,13H,1-2,26H2. The molecule has 5 rings (SSSR count). The van der Waals surface area contributed by atoms with Crippen molar-refractivity contribution in [3.63, 3.8) is 0 Å². The molecule has 29 heavy (non-hydrogen) atoms. The number of rotatable bonds is 4. The largest absolute Gasteiger partial charge is 0.397 e. The molecule has 1 aliphatic carbocycles. The summed E-state index contributed by atoms with van der Waals surface area (Å²) < 4.78 is 0.930. The highest BCUT2D eigenvalue weighted by Crippen LogP contribution is 2.45. The number of hydrogen-bond acceptors (Lipinski definition) is 4. The van der Waals surface area contributed by atoms with Gasteiger partial charge in [0.15, 0.2) is 0 Å². The highest BCUT2D eigenvalue weighted by atomic mass is 79.9. The second kappa shape index (κ2) is 7.24. The van der Waals surface area contributed by atoms with Crippen molar-refractivity contribution in [1.82, 2.24) is 4.98 Å². The fourth-order valence-electron chi connectivity index (χ4n) is 3.49. The van der Waals surface area contributed by atoms with E-state index in [0.29, 0.717) is 27.1 Å².